The third-order valence-corrected chi connectivity index (χ3v) is 13.4. The van der Waals surface area contributed by atoms with Crippen molar-refractivity contribution in [3.05, 3.63) is 0 Å². The Kier molecular flexibility index (Phi) is 5.74. The number of likely N-dealkylation sites (tertiary alicyclic amines) is 2. The SMILES string of the molecule is O=C(CC1CCCCN1C12CC3CC(CC(C3)C1)C2)CC1CCCCN1C12CC3CC(CC(C3)C1)C2. The molecule has 3 nitrogen and oxygen atoms in total. The summed E-state index contributed by atoms with van der Waals surface area (Å²) in [5, 5.41) is 0. The van der Waals surface area contributed by atoms with Crippen LogP contribution in [0.1, 0.15) is 128 Å². The summed E-state index contributed by atoms with van der Waals surface area (Å²) in [4.78, 5) is 19.8. The molecule has 2 heterocycles. The zero-order chi connectivity index (χ0) is 23.9. The molecule has 0 N–H and O–H groups in total. The first-order chi connectivity index (χ1) is 17.6. The van der Waals surface area contributed by atoms with Crippen molar-refractivity contribution in [1.82, 2.24) is 9.80 Å². The average Bonchev–Trinajstić information content (AvgIpc) is 2.83. The molecule has 2 saturated heterocycles. The van der Waals surface area contributed by atoms with E-state index in [4.69, 9.17) is 0 Å². The highest BCUT2D eigenvalue weighted by molar-refractivity contribution is 5.79. The monoisotopic (exact) mass is 492 g/mol. The second-order valence-corrected chi connectivity index (χ2v) is 15.9. The Hall–Kier alpha value is -0.410. The van der Waals surface area contributed by atoms with E-state index in [0.29, 0.717) is 28.9 Å². The van der Waals surface area contributed by atoms with Crippen molar-refractivity contribution in [1.29, 1.82) is 0 Å². The summed E-state index contributed by atoms with van der Waals surface area (Å²) in [6.07, 6.45) is 27.7. The Balaban J connectivity index is 0.971. The van der Waals surface area contributed by atoms with Gasteiger partial charge in [0.1, 0.15) is 5.78 Å². The van der Waals surface area contributed by atoms with E-state index in [-0.39, 0.29) is 0 Å². The predicted octanol–water partition coefficient (Wildman–Crippen LogP) is 6.98. The predicted molar refractivity (Wildman–Crippen MR) is 145 cm³/mol. The normalized spacial score (nSPS) is 52.2. The molecule has 0 amide bonds. The summed E-state index contributed by atoms with van der Waals surface area (Å²) >= 11 is 0. The summed E-state index contributed by atoms with van der Waals surface area (Å²) in [6, 6.07) is 1.11. The van der Waals surface area contributed by atoms with E-state index >= 15 is 0 Å². The van der Waals surface area contributed by atoms with Crippen LogP contribution in [0, 0.1) is 35.5 Å². The summed E-state index contributed by atoms with van der Waals surface area (Å²) < 4.78 is 0. The molecular weight excluding hydrogens is 440 g/mol. The first-order valence-corrected chi connectivity index (χ1v) is 16.6. The van der Waals surface area contributed by atoms with Gasteiger partial charge in [0.15, 0.2) is 0 Å². The molecule has 8 saturated carbocycles. The molecule has 10 fully saturated rings. The highest BCUT2D eigenvalue weighted by Gasteiger charge is 2.56. The molecule has 200 valence electrons. The Morgan fingerprint density at radius 1 is 0.528 bits per heavy atom. The summed E-state index contributed by atoms with van der Waals surface area (Å²) in [6.45, 7) is 2.57. The van der Waals surface area contributed by atoms with Gasteiger partial charge < -0.3 is 0 Å². The molecule has 10 rings (SSSR count). The van der Waals surface area contributed by atoms with Crippen LogP contribution in [-0.4, -0.2) is 51.8 Å². The smallest absolute Gasteiger partial charge is 0.136 e. The lowest BCUT2D eigenvalue weighted by Gasteiger charge is -2.63. The third-order valence-electron chi connectivity index (χ3n) is 13.4. The van der Waals surface area contributed by atoms with E-state index in [1.807, 2.05) is 0 Å². The van der Waals surface area contributed by atoms with E-state index in [1.165, 1.54) is 129 Å². The largest absolute Gasteiger partial charge is 0.300 e. The van der Waals surface area contributed by atoms with E-state index in [0.717, 1.165) is 48.3 Å². The van der Waals surface area contributed by atoms with E-state index in [2.05, 4.69) is 9.80 Å². The standard InChI is InChI=1S/C33H52N2O/c36-31(15-29-5-1-3-7-34(29)32-17-23-9-24(18-32)11-25(10-23)19-32)16-30-6-2-4-8-35(30)33-20-26-12-27(21-33)14-28(13-26)22-33/h23-30H,1-22H2. The van der Waals surface area contributed by atoms with Gasteiger partial charge in [0.25, 0.3) is 0 Å². The average molecular weight is 493 g/mol. The van der Waals surface area contributed by atoms with Gasteiger partial charge in [0.05, 0.1) is 0 Å². The van der Waals surface area contributed by atoms with Crippen LogP contribution in [0.15, 0.2) is 0 Å². The molecule has 2 unspecified atom stereocenters. The van der Waals surface area contributed by atoms with Gasteiger partial charge in [-0.15, -0.1) is 0 Å². The molecule has 2 atom stereocenters. The van der Waals surface area contributed by atoms with Crippen molar-refractivity contribution < 1.29 is 4.79 Å². The zero-order valence-corrected chi connectivity index (χ0v) is 23.0. The number of hydrogen-bond acceptors (Lipinski definition) is 3. The van der Waals surface area contributed by atoms with Gasteiger partial charge in [-0.1, -0.05) is 12.8 Å². The Morgan fingerprint density at radius 2 is 0.861 bits per heavy atom. The number of carbonyl (C=O) groups excluding carboxylic acids is 1. The highest BCUT2D eigenvalue weighted by atomic mass is 16.1. The molecule has 3 heteroatoms. The van der Waals surface area contributed by atoms with Crippen LogP contribution >= 0.6 is 0 Å². The number of Topliss-reactive ketones (excluding diaryl/α,β-unsaturated/α-hetero) is 1. The molecule has 0 spiro atoms. The second-order valence-electron chi connectivity index (χ2n) is 15.9. The van der Waals surface area contributed by atoms with Crippen molar-refractivity contribution in [3.63, 3.8) is 0 Å². The summed E-state index contributed by atoms with van der Waals surface area (Å²) in [7, 11) is 0. The maximum absolute atomic E-state index is 13.9. The summed E-state index contributed by atoms with van der Waals surface area (Å²) in [5.74, 6) is 6.65. The maximum Gasteiger partial charge on any atom is 0.136 e. The minimum atomic E-state index is 0.482. The fraction of sp³-hybridized carbons (Fsp3) is 0.970. The van der Waals surface area contributed by atoms with Crippen LogP contribution in [0.4, 0.5) is 0 Å². The number of piperidine rings is 2. The van der Waals surface area contributed by atoms with Gasteiger partial charge in [-0.05, 0) is 151 Å². The lowest BCUT2D eigenvalue weighted by atomic mass is 9.52. The molecule has 36 heavy (non-hydrogen) atoms. The van der Waals surface area contributed by atoms with Crippen LogP contribution in [0.5, 0.6) is 0 Å². The molecule has 2 aliphatic heterocycles. The summed E-state index contributed by atoms with van der Waals surface area (Å²) in [5.41, 5.74) is 0.965. The molecule has 10 aliphatic rings. The fourth-order valence-electron chi connectivity index (χ4n) is 13.1. The van der Waals surface area contributed by atoms with Crippen LogP contribution in [0.3, 0.4) is 0 Å². The van der Waals surface area contributed by atoms with Gasteiger partial charge in [-0.3, -0.25) is 14.6 Å². The Morgan fingerprint density at radius 3 is 1.19 bits per heavy atom. The Labute approximate surface area is 220 Å². The van der Waals surface area contributed by atoms with Gasteiger partial charge in [-0.2, -0.15) is 0 Å². The van der Waals surface area contributed by atoms with Gasteiger partial charge in [0.2, 0.25) is 0 Å². The van der Waals surface area contributed by atoms with Crippen molar-refractivity contribution in [2.75, 3.05) is 13.1 Å². The number of carbonyl (C=O) groups is 1. The Bertz CT molecular complexity index is 725. The topological polar surface area (TPSA) is 23.6 Å². The molecule has 0 aromatic rings. The van der Waals surface area contributed by atoms with Crippen molar-refractivity contribution in [2.45, 2.75) is 152 Å². The van der Waals surface area contributed by atoms with Gasteiger partial charge in [0, 0.05) is 36.0 Å². The van der Waals surface area contributed by atoms with Crippen molar-refractivity contribution in [2.24, 2.45) is 35.5 Å². The molecule has 0 aromatic heterocycles. The number of nitrogens with zero attached hydrogens (tertiary/aromatic N) is 2. The van der Waals surface area contributed by atoms with Crippen LogP contribution < -0.4 is 0 Å². The minimum Gasteiger partial charge on any atom is -0.300 e. The van der Waals surface area contributed by atoms with E-state index in [9.17, 15) is 4.79 Å². The highest BCUT2D eigenvalue weighted by Crippen LogP contribution is 2.60. The molecular formula is C33H52N2O. The fourth-order valence-corrected chi connectivity index (χ4v) is 13.1. The number of hydrogen-bond donors (Lipinski definition) is 0. The van der Waals surface area contributed by atoms with Gasteiger partial charge in [-0.25, -0.2) is 0 Å². The van der Waals surface area contributed by atoms with Crippen LogP contribution in [0.25, 0.3) is 0 Å². The molecule has 8 aliphatic carbocycles. The van der Waals surface area contributed by atoms with Gasteiger partial charge >= 0.3 is 0 Å². The second kappa shape index (κ2) is 8.80. The van der Waals surface area contributed by atoms with E-state index in [1.54, 1.807) is 0 Å². The lowest BCUT2D eigenvalue weighted by Crippen LogP contribution is -2.64. The molecule has 8 bridgehead atoms. The number of ketones is 1. The first kappa shape index (κ1) is 23.5. The zero-order valence-electron chi connectivity index (χ0n) is 23.0. The number of rotatable bonds is 6. The van der Waals surface area contributed by atoms with Crippen LogP contribution in [0.2, 0.25) is 0 Å². The van der Waals surface area contributed by atoms with E-state index < -0.39 is 0 Å². The van der Waals surface area contributed by atoms with Crippen molar-refractivity contribution >= 4 is 5.78 Å². The van der Waals surface area contributed by atoms with Crippen molar-refractivity contribution in [3.8, 4) is 0 Å². The molecule has 0 radical (unpaired) electrons. The minimum absolute atomic E-state index is 0.482. The lowest BCUT2D eigenvalue weighted by molar-refractivity contribution is -0.135. The third kappa shape index (κ3) is 3.90. The first-order valence-electron chi connectivity index (χ1n) is 16.6. The van der Waals surface area contributed by atoms with Crippen LogP contribution in [-0.2, 0) is 4.79 Å². The maximum atomic E-state index is 13.9. The molecule has 0 aromatic carbocycles. The quantitative estimate of drug-likeness (QED) is 0.399.